The summed E-state index contributed by atoms with van der Waals surface area (Å²) in [6.45, 7) is 2.97. The first-order valence-corrected chi connectivity index (χ1v) is 8.00. The Hall–Kier alpha value is -1.39. The van der Waals surface area contributed by atoms with Crippen molar-refractivity contribution in [1.29, 1.82) is 0 Å². The topological polar surface area (TPSA) is 42.1 Å². The van der Waals surface area contributed by atoms with Crippen LogP contribution in [0.1, 0.15) is 18.2 Å². The summed E-state index contributed by atoms with van der Waals surface area (Å²) < 4.78 is 1.09. The monoisotopic (exact) mass is 347 g/mol. The quantitative estimate of drug-likeness (QED) is 0.870. The van der Waals surface area contributed by atoms with Gasteiger partial charge in [0, 0.05) is 48.1 Å². The van der Waals surface area contributed by atoms with Crippen molar-refractivity contribution in [3.05, 3.63) is 58.3 Å². The van der Waals surface area contributed by atoms with E-state index in [9.17, 15) is 0 Å². The number of anilines is 1. The Morgan fingerprint density at radius 3 is 2.76 bits per heavy atom. The largest absolute Gasteiger partial charge is 0.374 e. The molecule has 2 aromatic rings. The van der Waals surface area contributed by atoms with Crippen molar-refractivity contribution in [3.8, 4) is 0 Å². The summed E-state index contributed by atoms with van der Waals surface area (Å²) in [4.78, 5) is 6.65. The lowest BCUT2D eigenvalue weighted by Crippen LogP contribution is -2.24. The molecule has 2 rings (SSSR count). The molecule has 2 N–H and O–H groups in total. The standard InChI is InChI=1S/C17H22BrN3/c1-13(19)11-14-6-7-15(18)12-17(14)21(2)10-8-16-5-3-4-9-20-16/h3-7,9,12-13H,8,10-11,19H2,1-2H3. The number of likely N-dealkylation sites (N-methyl/N-ethyl adjacent to an activating group) is 1. The van der Waals surface area contributed by atoms with Crippen LogP contribution in [0.15, 0.2) is 47.1 Å². The molecule has 21 heavy (non-hydrogen) atoms. The van der Waals surface area contributed by atoms with E-state index in [2.05, 4.69) is 57.1 Å². The van der Waals surface area contributed by atoms with Gasteiger partial charge < -0.3 is 10.6 Å². The van der Waals surface area contributed by atoms with Gasteiger partial charge in [-0.05, 0) is 43.2 Å². The fraction of sp³-hybridized carbons (Fsp3) is 0.353. The summed E-state index contributed by atoms with van der Waals surface area (Å²) in [5, 5.41) is 0. The molecule has 0 aliphatic rings. The number of halogens is 1. The van der Waals surface area contributed by atoms with Gasteiger partial charge in [-0.2, -0.15) is 0 Å². The highest BCUT2D eigenvalue weighted by molar-refractivity contribution is 9.10. The molecule has 0 aliphatic heterocycles. The zero-order valence-corrected chi connectivity index (χ0v) is 14.2. The highest BCUT2D eigenvalue weighted by atomic mass is 79.9. The molecular weight excluding hydrogens is 326 g/mol. The fourth-order valence-electron chi connectivity index (χ4n) is 2.36. The van der Waals surface area contributed by atoms with Crippen LogP contribution in [-0.4, -0.2) is 24.6 Å². The Labute approximate surface area is 135 Å². The van der Waals surface area contributed by atoms with Gasteiger partial charge in [0.15, 0.2) is 0 Å². The average molecular weight is 348 g/mol. The van der Waals surface area contributed by atoms with Crippen LogP contribution in [0.5, 0.6) is 0 Å². The lowest BCUT2D eigenvalue weighted by Gasteiger charge is -2.23. The molecule has 1 aromatic heterocycles. The van der Waals surface area contributed by atoms with E-state index in [1.54, 1.807) is 0 Å². The molecule has 0 saturated carbocycles. The molecule has 0 aliphatic carbocycles. The lowest BCUT2D eigenvalue weighted by atomic mass is 10.0. The number of hydrogen-bond acceptors (Lipinski definition) is 3. The summed E-state index contributed by atoms with van der Waals surface area (Å²) in [7, 11) is 2.12. The second kappa shape index (κ2) is 7.57. The van der Waals surface area contributed by atoms with Gasteiger partial charge in [-0.15, -0.1) is 0 Å². The number of aromatic nitrogens is 1. The van der Waals surface area contributed by atoms with E-state index in [0.29, 0.717) is 0 Å². The van der Waals surface area contributed by atoms with E-state index in [1.165, 1.54) is 11.3 Å². The highest BCUT2D eigenvalue weighted by Gasteiger charge is 2.10. The Morgan fingerprint density at radius 1 is 1.29 bits per heavy atom. The highest BCUT2D eigenvalue weighted by Crippen LogP contribution is 2.25. The summed E-state index contributed by atoms with van der Waals surface area (Å²) in [6.07, 6.45) is 3.66. The van der Waals surface area contributed by atoms with Gasteiger partial charge in [0.1, 0.15) is 0 Å². The lowest BCUT2D eigenvalue weighted by molar-refractivity contribution is 0.733. The summed E-state index contributed by atoms with van der Waals surface area (Å²) >= 11 is 3.56. The molecule has 0 saturated heterocycles. The predicted octanol–water partition coefficient (Wildman–Crippen LogP) is 3.41. The second-order valence-electron chi connectivity index (χ2n) is 5.45. The molecule has 1 heterocycles. The Balaban J connectivity index is 2.10. The molecule has 4 heteroatoms. The molecule has 112 valence electrons. The minimum absolute atomic E-state index is 0.161. The van der Waals surface area contributed by atoms with Gasteiger partial charge in [0.25, 0.3) is 0 Å². The maximum Gasteiger partial charge on any atom is 0.0421 e. The maximum absolute atomic E-state index is 5.96. The number of nitrogens with two attached hydrogens (primary N) is 1. The van der Waals surface area contributed by atoms with Crippen LogP contribution in [0.25, 0.3) is 0 Å². The van der Waals surface area contributed by atoms with Crippen molar-refractivity contribution >= 4 is 21.6 Å². The Morgan fingerprint density at radius 2 is 2.10 bits per heavy atom. The number of nitrogens with zero attached hydrogens (tertiary/aromatic N) is 2. The maximum atomic E-state index is 5.96. The number of pyridine rings is 1. The Bertz CT molecular complexity index is 570. The summed E-state index contributed by atoms with van der Waals surface area (Å²) in [5.41, 5.74) is 9.60. The van der Waals surface area contributed by atoms with Crippen molar-refractivity contribution in [2.45, 2.75) is 25.8 Å². The van der Waals surface area contributed by atoms with Crippen molar-refractivity contribution in [2.24, 2.45) is 5.73 Å². The van der Waals surface area contributed by atoms with Gasteiger partial charge in [-0.1, -0.05) is 28.1 Å². The summed E-state index contributed by atoms with van der Waals surface area (Å²) in [5.74, 6) is 0. The van der Waals surface area contributed by atoms with Crippen LogP contribution in [0.2, 0.25) is 0 Å². The molecule has 0 spiro atoms. The number of hydrogen-bond donors (Lipinski definition) is 1. The van der Waals surface area contributed by atoms with Crippen molar-refractivity contribution < 1.29 is 0 Å². The van der Waals surface area contributed by atoms with Crippen LogP contribution in [0.3, 0.4) is 0 Å². The summed E-state index contributed by atoms with van der Waals surface area (Å²) in [6, 6.07) is 12.6. The third kappa shape index (κ3) is 4.83. The average Bonchev–Trinajstić information content (AvgIpc) is 2.47. The van der Waals surface area contributed by atoms with E-state index in [0.717, 1.165) is 29.6 Å². The zero-order valence-electron chi connectivity index (χ0n) is 12.6. The van der Waals surface area contributed by atoms with E-state index in [-0.39, 0.29) is 6.04 Å². The molecule has 0 fully saturated rings. The Kier molecular flexibility index (Phi) is 5.76. The van der Waals surface area contributed by atoms with Crippen molar-refractivity contribution in [2.75, 3.05) is 18.5 Å². The smallest absolute Gasteiger partial charge is 0.0421 e. The number of rotatable bonds is 6. The van der Waals surface area contributed by atoms with Gasteiger partial charge in [0.05, 0.1) is 0 Å². The second-order valence-corrected chi connectivity index (χ2v) is 6.36. The predicted molar refractivity (Wildman–Crippen MR) is 92.7 cm³/mol. The van der Waals surface area contributed by atoms with E-state index >= 15 is 0 Å². The molecule has 1 unspecified atom stereocenters. The first-order valence-electron chi connectivity index (χ1n) is 7.21. The molecule has 0 radical (unpaired) electrons. The van der Waals surface area contributed by atoms with Gasteiger partial charge in [0.2, 0.25) is 0 Å². The zero-order chi connectivity index (χ0) is 15.2. The van der Waals surface area contributed by atoms with E-state index in [1.807, 2.05) is 25.3 Å². The van der Waals surface area contributed by atoms with Crippen LogP contribution in [-0.2, 0) is 12.8 Å². The molecule has 1 aromatic carbocycles. The normalized spacial score (nSPS) is 12.2. The SMILES string of the molecule is CC(N)Cc1ccc(Br)cc1N(C)CCc1ccccn1. The molecule has 1 atom stereocenters. The van der Waals surface area contributed by atoms with E-state index < -0.39 is 0 Å². The molecular formula is C17H22BrN3. The minimum atomic E-state index is 0.161. The number of benzene rings is 1. The molecule has 0 bridgehead atoms. The first-order chi connectivity index (χ1) is 10.1. The van der Waals surface area contributed by atoms with E-state index in [4.69, 9.17) is 5.73 Å². The fourth-order valence-corrected chi connectivity index (χ4v) is 2.71. The molecule has 0 amide bonds. The van der Waals surface area contributed by atoms with Crippen molar-refractivity contribution in [3.63, 3.8) is 0 Å². The minimum Gasteiger partial charge on any atom is -0.374 e. The van der Waals surface area contributed by atoms with Crippen LogP contribution >= 0.6 is 15.9 Å². The van der Waals surface area contributed by atoms with Crippen LogP contribution < -0.4 is 10.6 Å². The van der Waals surface area contributed by atoms with Gasteiger partial charge in [-0.25, -0.2) is 0 Å². The van der Waals surface area contributed by atoms with Crippen molar-refractivity contribution in [1.82, 2.24) is 4.98 Å². The van der Waals surface area contributed by atoms with Crippen LogP contribution in [0, 0.1) is 0 Å². The van der Waals surface area contributed by atoms with Gasteiger partial charge >= 0.3 is 0 Å². The third-order valence-electron chi connectivity index (χ3n) is 3.43. The molecule has 3 nitrogen and oxygen atoms in total. The first kappa shape index (κ1) is 16.0. The van der Waals surface area contributed by atoms with Gasteiger partial charge in [-0.3, -0.25) is 4.98 Å². The van der Waals surface area contributed by atoms with Crippen LogP contribution in [0.4, 0.5) is 5.69 Å². The third-order valence-corrected chi connectivity index (χ3v) is 3.92.